The van der Waals surface area contributed by atoms with Crippen molar-refractivity contribution >= 4 is 11.6 Å². The van der Waals surface area contributed by atoms with E-state index in [-0.39, 0.29) is 0 Å². The molecular weight excluding hydrogens is 216 g/mol. The molecule has 1 aromatic carbocycles. The summed E-state index contributed by atoms with van der Waals surface area (Å²) in [4.78, 5) is 0. The van der Waals surface area contributed by atoms with Crippen LogP contribution in [0.15, 0.2) is 29.8 Å². The first-order chi connectivity index (χ1) is 7.31. The maximum Gasteiger partial charge on any atom is 0.129 e. The number of benzene rings is 1. The fraction of sp³-hybridized carbons (Fsp3) is 0.273. The minimum absolute atomic E-state index is 0.320. The summed E-state index contributed by atoms with van der Waals surface area (Å²) in [5.41, 5.74) is 2.23. The highest BCUT2D eigenvalue weighted by molar-refractivity contribution is 6.25. The Labute approximate surface area is 92.9 Å². The number of aliphatic hydroxyl groups excluding tert-OH is 1. The quantitative estimate of drug-likeness (QED) is 0.859. The van der Waals surface area contributed by atoms with Crippen LogP contribution in [0.5, 0.6) is 11.5 Å². The third-order valence-corrected chi connectivity index (χ3v) is 2.35. The van der Waals surface area contributed by atoms with E-state index in [1.54, 1.807) is 18.2 Å². The molecule has 0 spiro atoms. The summed E-state index contributed by atoms with van der Waals surface area (Å²) in [6.07, 6.45) is 1.18. The molecule has 1 aliphatic heterocycles. The van der Waals surface area contributed by atoms with E-state index in [9.17, 15) is 5.11 Å². The van der Waals surface area contributed by atoms with Crippen LogP contribution < -0.4 is 9.47 Å². The number of aliphatic hydroxyl groups is 1. The Morgan fingerprint density at radius 3 is 3.27 bits per heavy atom. The van der Waals surface area contributed by atoms with E-state index in [0.717, 1.165) is 5.56 Å². The van der Waals surface area contributed by atoms with Crippen molar-refractivity contribution in [3.63, 3.8) is 0 Å². The third kappa shape index (κ3) is 2.25. The fourth-order valence-electron chi connectivity index (χ4n) is 1.44. The number of hydrogen-bond acceptors (Lipinski definition) is 3. The van der Waals surface area contributed by atoms with Gasteiger partial charge in [-0.2, -0.15) is 0 Å². The standard InChI is InChI=1S/C11H11ClO3/c12-4-1-5-14-8-2-3-9-10(13)7-15-11(9)6-8/h1-4,6,10,13H,5,7H2. The maximum absolute atomic E-state index is 9.49. The van der Waals surface area contributed by atoms with Gasteiger partial charge in [0.1, 0.15) is 30.8 Å². The largest absolute Gasteiger partial charge is 0.490 e. The van der Waals surface area contributed by atoms with Gasteiger partial charge in [-0.3, -0.25) is 0 Å². The van der Waals surface area contributed by atoms with Gasteiger partial charge in [0.2, 0.25) is 0 Å². The van der Waals surface area contributed by atoms with Crippen molar-refractivity contribution in [2.45, 2.75) is 6.10 Å². The molecule has 0 amide bonds. The smallest absolute Gasteiger partial charge is 0.129 e. The monoisotopic (exact) mass is 226 g/mol. The van der Waals surface area contributed by atoms with Crippen molar-refractivity contribution in [3.05, 3.63) is 35.4 Å². The summed E-state index contributed by atoms with van der Waals surface area (Å²) in [7, 11) is 0. The molecule has 4 heteroatoms. The Morgan fingerprint density at radius 1 is 1.60 bits per heavy atom. The minimum Gasteiger partial charge on any atom is -0.490 e. The van der Waals surface area contributed by atoms with Gasteiger partial charge in [-0.15, -0.1) is 0 Å². The van der Waals surface area contributed by atoms with Crippen molar-refractivity contribution in [2.24, 2.45) is 0 Å². The van der Waals surface area contributed by atoms with Crippen molar-refractivity contribution in [3.8, 4) is 11.5 Å². The predicted molar refractivity (Wildman–Crippen MR) is 57.4 cm³/mol. The normalized spacial score (nSPS) is 18.9. The highest BCUT2D eigenvalue weighted by atomic mass is 35.5. The molecule has 1 aliphatic rings. The van der Waals surface area contributed by atoms with Crippen LogP contribution in [-0.2, 0) is 0 Å². The summed E-state index contributed by atoms with van der Waals surface area (Å²) in [5.74, 6) is 1.40. The molecule has 1 N–H and O–H groups in total. The fourth-order valence-corrected chi connectivity index (χ4v) is 1.52. The SMILES string of the molecule is OC1COc2cc(OCC=CCl)ccc21. The lowest BCUT2D eigenvalue weighted by atomic mass is 10.1. The first-order valence-corrected chi connectivity index (χ1v) is 5.07. The maximum atomic E-state index is 9.49. The van der Waals surface area contributed by atoms with Crippen LogP contribution in [0.3, 0.4) is 0 Å². The highest BCUT2D eigenvalue weighted by Crippen LogP contribution is 2.34. The van der Waals surface area contributed by atoms with Crippen LogP contribution in [0.25, 0.3) is 0 Å². The van der Waals surface area contributed by atoms with Crippen molar-refractivity contribution in [1.29, 1.82) is 0 Å². The van der Waals surface area contributed by atoms with Gasteiger partial charge in [-0.05, 0) is 18.2 Å². The molecule has 15 heavy (non-hydrogen) atoms. The van der Waals surface area contributed by atoms with Gasteiger partial charge in [0.25, 0.3) is 0 Å². The van der Waals surface area contributed by atoms with Crippen LogP contribution in [-0.4, -0.2) is 18.3 Å². The summed E-state index contributed by atoms with van der Waals surface area (Å²) in [6.45, 7) is 0.741. The first kappa shape index (κ1) is 10.3. The second-order valence-electron chi connectivity index (χ2n) is 3.20. The van der Waals surface area contributed by atoms with E-state index >= 15 is 0 Å². The summed E-state index contributed by atoms with van der Waals surface area (Å²) >= 11 is 5.36. The Kier molecular flexibility index (Phi) is 3.14. The summed E-state index contributed by atoms with van der Waals surface area (Å²) < 4.78 is 10.7. The molecule has 1 heterocycles. The minimum atomic E-state index is -0.517. The molecule has 1 atom stereocenters. The third-order valence-electron chi connectivity index (χ3n) is 2.18. The van der Waals surface area contributed by atoms with Gasteiger partial charge in [-0.25, -0.2) is 0 Å². The number of ether oxygens (including phenoxy) is 2. The number of hydrogen-bond donors (Lipinski definition) is 1. The first-order valence-electron chi connectivity index (χ1n) is 4.64. The van der Waals surface area contributed by atoms with Crippen LogP contribution >= 0.6 is 11.6 Å². The van der Waals surface area contributed by atoms with Gasteiger partial charge in [-0.1, -0.05) is 11.6 Å². The lowest BCUT2D eigenvalue weighted by molar-refractivity contribution is 0.140. The molecule has 3 nitrogen and oxygen atoms in total. The zero-order valence-electron chi connectivity index (χ0n) is 8.02. The molecule has 1 unspecified atom stereocenters. The Hall–Kier alpha value is -1.19. The molecule has 0 saturated carbocycles. The average molecular weight is 227 g/mol. The van der Waals surface area contributed by atoms with Gasteiger partial charge in [0.15, 0.2) is 0 Å². The molecule has 0 bridgehead atoms. The number of halogens is 1. The lowest BCUT2D eigenvalue weighted by Gasteiger charge is -2.05. The predicted octanol–water partition coefficient (Wildman–Crippen LogP) is 2.24. The molecule has 0 aromatic heterocycles. The number of rotatable bonds is 3. The van der Waals surface area contributed by atoms with E-state index in [1.165, 1.54) is 5.54 Å². The van der Waals surface area contributed by atoms with Crippen LogP contribution in [0, 0.1) is 0 Å². The van der Waals surface area contributed by atoms with Crippen LogP contribution in [0.1, 0.15) is 11.7 Å². The van der Waals surface area contributed by atoms with Crippen LogP contribution in [0.4, 0.5) is 0 Å². The van der Waals surface area contributed by atoms with Crippen LogP contribution in [0.2, 0.25) is 0 Å². The van der Waals surface area contributed by atoms with E-state index in [0.29, 0.717) is 24.7 Å². The highest BCUT2D eigenvalue weighted by Gasteiger charge is 2.21. The molecule has 0 saturated heterocycles. The molecule has 1 aromatic rings. The number of fused-ring (bicyclic) bond motifs is 1. The van der Waals surface area contributed by atoms with Gasteiger partial charge >= 0.3 is 0 Å². The topological polar surface area (TPSA) is 38.7 Å². The van der Waals surface area contributed by atoms with E-state index in [1.807, 2.05) is 6.07 Å². The van der Waals surface area contributed by atoms with Gasteiger partial charge in [0.05, 0.1) is 0 Å². The second-order valence-corrected chi connectivity index (χ2v) is 3.45. The van der Waals surface area contributed by atoms with Crippen molar-refractivity contribution < 1.29 is 14.6 Å². The lowest BCUT2D eigenvalue weighted by Crippen LogP contribution is -1.97. The zero-order chi connectivity index (χ0) is 10.7. The van der Waals surface area contributed by atoms with E-state index < -0.39 is 6.10 Å². The molecule has 0 aliphatic carbocycles. The molecule has 0 fully saturated rings. The molecule has 80 valence electrons. The van der Waals surface area contributed by atoms with Gasteiger partial charge in [0, 0.05) is 17.2 Å². The second kappa shape index (κ2) is 4.55. The zero-order valence-corrected chi connectivity index (χ0v) is 8.78. The van der Waals surface area contributed by atoms with Crippen molar-refractivity contribution in [1.82, 2.24) is 0 Å². The summed E-state index contributed by atoms with van der Waals surface area (Å²) in [6, 6.07) is 5.39. The Balaban J connectivity index is 2.09. The molecule has 2 rings (SSSR count). The Bertz CT molecular complexity index is 376. The average Bonchev–Trinajstić information content (AvgIpc) is 2.61. The molecular formula is C11H11ClO3. The Morgan fingerprint density at radius 2 is 2.47 bits per heavy atom. The molecule has 0 radical (unpaired) electrons. The van der Waals surface area contributed by atoms with Crippen molar-refractivity contribution in [2.75, 3.05) is 13.2 Å². The van der Waals surface area contributed by atoms with E-state index in [2.05, 4.69) is 0 Å². The summed E-state index contributed by atoms with van der Waals surface area (Å²) in [5, 5.41) is 9.49. The van der Waals surface area contributed by atoms with E-state index in [4.69, 9.17) is 21.1 Å². The van der Waals surface area contributed by atoms with Gasteiger partial charge < -0.3 is 14.6 Å².